The van der Waals surface area contributed by atoms with Crippen LogP contribution in [0.25, 0.3) is 0 Å². The molecule has 0 saturated carbocycles. The molecule has 0 aliphatic carbocycles. The molecule has 0 saturated heterocycles. The first-order valence-electron chi connectivity index (χ1n) is 5.74. The summed E-state index contributed by atoms with van der Waals surface area (Å²) in [6.07, 6.45) is 4.46. The topological polar surface area (TPSA) is 56.2 Å². The van der Waals surface area contributed by atoms with Crippen molar-refractivity contribution in [2.75, 3.05) is 5.73 Å². The largest absolute Gasteiger partial charge is 0.368 e. The van der Waals surface area contributed by atoms with Crippen molar-refractivity contribution < 1.29 is 0 Å². The molecule has 0 aliphatic rings. The lowest BCUT2D eigenvalue weighted by atomic mass is 10.1. The summed E-state index contributed by atoms with van der Waals surface area (Å²) in [4.78, 5) is 4.09. The first-order chi connectivity index (χ1) is 8.60. The molecule has 1 aromatic heterocycles. The normalized spacial score (nSPS) is 11.3. The minimum atomic E-state index is 0.385. The Balaban J connectivity index is 2.31. The van der Waals surface area contributed by atoms with Gasteiger partial charge in [0.2, 0.25) is 5.95 Å². The maximum absolute atomic E-state index is 5.96. The third-order valence-corrected chi connectivity index (χ3v) is 2.88. The van der Waals surface area contributed by atoms with E-state index in [2.05, 4.69) is 17.0 Å². The molecule has 0 aliphatic heterocycles. The van der Waals surface area contributed by atoms with E-state index >= 15 is 0 Å². The molecule has 0 spiro atoms. The number of nitrogen functional groups attached to an aromatic ring is 1. The maximum atomic E-state index is 5.96. The molecule has 1 heterocycles. The Hall–Kier alpha value is -1.81. The minimum Gasteiger partial charge on any atom is -0.368 e. The fourth-order valence-corrected chi connectivity index (χ4v) is 1.92. The molecule has 0 atom stereocenters. The van der Waals surface area contributed by atoms with Gasteiger partial charge < -0.3 is 5.73 Å². The number of anilines is 1. The molecule has 2 N–H and O–H groups in total. The highest BCUT2D eigenvalue weighted by atomic mass is 35.5. The second-order valence-corrected chi connectivity index (χ2v) is 4.46. The van der Waals surface area contributed by atoms with E-state index in [0.717, 1.165) is 28.3 Å². The first-order valence-corrected chi connectivity index (χ1v) is 6.12. The Morgan fingerprint density at radius 3 is 2.89 bits per heavy atom. The molecule has 94 valence electrons. The van der Waals surface area contributed by atoms with Crippen LogP contribution in [-0.4, -0.2) is 15.9 Å². The summed E-state index contributed by atoms with van der Waals surface area (Å²) < 4.78 is 1.56. The number of nitrogens with zero attached hydrogens (tertiary/aromatic N) is 3. The molecule has 1 aromatic carbocycles. The quantitative estimate of drug-likeness (QED) is 0.865. The number of rotatable bonds is 3. The lowest BCUT2D eigenvalue weighted by molar-refractivity contribution is 0.896. The molecule has 0 bridgehead atoms. The van der Waals surface area contributed by atoms with Crippen LogP contribution >= 0.6 is 11.6 Å². The molecule has 0 amide bonds. The van der Waals surface area contributed by atoms with Crippen LogP contribution in [0.3, 0.4) is 0 Å². The van der Waals surface area contributed by atoms with Crippen LogP contribution in [0.15, 0.2) is 29.5 Å². The van der Waals surface area contributed by atoms with Crippen molar-refractivity contribution in [2.24, 2.45) is 5.10 Å². The van der Waals surface area contributed by atoms with Crippen LogP contribution in [0, 0.1) is 6.92 Å². The number of aromatic nitrogens is 2. The average Bonchev–Trinajstić information content (AvgIpc) is 2.66. The fourth-order valence-electron chi connectivity index (χ4n) is 1.73. The first kappa shape index (κ1) is 12.6. The van der Waals surface area contributed by atoms with E-state index in [4.69, 9.17) is 17.3 Å². The number of hydrogen-bond donors (Lipinski definition) is 1. The zero-order valence-electron chi connectivity index (χ0n) is 10.4. The van der Waals surface area contributed by atoms with Crippen LogP contribution in [0.2, 0.25) is 5.02 Å². The maximum Gasteiger partial charge on any atom is 0.221 e. The van der Waals surface area contributed by atoms with Crippen LogP contribution in [-0.2, 0) is 6.42 Å². The summed E-state index contributed by atoms with van der Waals surface area (Å²) >= 11 is 5.96. The molecule has 2 rings (SSSR count). The van der Waals surface area contributed by atoms with Gasteiger partial charge in [-0.05, 0) is 36.6 Å². The van der Waals surface area contributed by atoms with Gasteiger partial charge in [0.15, 0.2) is 0 Å². The minimum absolute atomic E-state index is 0.385. The van der Waals surface area contributed by atoms with Gasteiger partial charge >= 0.3 is 0 Å². The Morgan fingerprint density at radius 2 is 2.28 bits per heavy atom. The molecule has 4 nitrogen and oxygen atoms in total. The van der Waals surface area contributed by atoms with Crippen LogP contribution in [0.1, 0.15) is 23.7 Å². The van der Waals surface area contributed by atoms with E-state index in [0.29, 0.717) is 5.95 Å². The standard InChI is InChI=1S/C13H15ClN4/c1-3-10-6-12(14)5-4-11(10)7-16-18-8-9(2)17-13(18)15/h4-8H,3H2,1-2H3,(H2,15,17). The van der Waals surface area contributed by atoms with E-state index < -0.39 is 0 Å². The van der Waals surface area contributed by atoms with Crippen molar-refractivity contribution in [3.05, 3.63) is 46.2 Å². The SMILES string of the molecule is CCc1cc(Cl)ccc1C=Nn1cc(C)nc1N. The van der Waals surface area contributed by atoms with Gasteiger partial charge in [-0.25, -0.2) is 9.66 Å². The van der Waals surface area contributed by atoms with Gasteiger partial charge in [0.05, 0.1) is 18.1 Å². The van der Waals surface area contributed by atoms with Gasteiger partial charge in [-0.2, -0.15) is 5.10 Å². The Morgan fingerprint density at radius 1 is 1.50 bits per heavy atom. The molecule has 5 heteroatoms. The highest BCUT2D eigenvalue weighted by Crippen LogP contribution is 2.15. The Labute approximate surface area is 111 Å². The third-order valence-electron chi connectivity index (χ3n) is 2.64. The molecule has 0 unspecified atom stereocenters. The molecule has 0 fully saturated rings. The second kappa shape index (κ2) is 5.23. The zero-order chi connectivity index (χ0) is 13.1. The second-order valence-electron chi connectivity index (χ2n) is 4.03. The zero-order valence-corrected chi connectivity index (χ0v) is 11.1. The van der Waals surface area contributed by atoms with E-state index in [1.165, 1.54) is 0 Å². The van der Waals surface area contributed by atoms with Crippen molar-refractivity contribution >= 4 is 23.8 Å². The lowest BCUT2D eigenvalue weighted by Gasteiger charge is -2.03. The fraction of sp³-hybridized carbons (Fsp3) is 0.231. The molecular weight excluding hydrogens is 248 g/mol. The van der Waals surface area contributed by atoms with Crippen LogP contribution in [0.5, 0.6) is 0 Å². The van der Waals surface area contributed by atoms with Crippen molar-refractivity contribution in [2.45, 2.75) is 20.3 Å². The number of benzene rings is 1. The third kappa shape index (κ3) is 2.71. The summed E-state index contributed by atoms with van der Waals surface area (Å²) in [6.45, 7) is 3.96. The summed E-state index contributed by atoms with van der Waals surface area (Å²) in [6, 6.07) is 5.75. The smallest absolute Gasteiger partial charge is 0.221 e. The van der Waals surface area contributed by atoms with E-state index in [1.54, 1.807) is 17.1 Å². The lowest BCUT2D eigenvalue weighted by Crippen LogP contribution is -1.98. The van der Waals surface area contributed by atoms with Crippen LogP contribution in [0.4, 0.5) is 5.95 Å². The average molecular weight is 263 g/mol. The summed E-state index contributed by atoms with van der Waals surface area (Å²) in [5.74, 6) is 0.385. The van der Waals surface area contributed by atoms with Gasteiger partial charge in [-0.15, -0.1) is 0 Å². The van der Waals surface area contributed by atoms with Crippen LogP contribution < -0.4 is 5.73 Å². The Kier molecular flexibility index (Phi) is 3.67. The van der Waals surface area contributed by atoms with Crippen molar-refractivity contribution in [1.29, 1.82) is 0 Å². The Bertz CT molecular complexity index is 587. The van der Waals surface area contributed by atoms with Crippen molar-refractivity contribution in [3.63, 3.8) is 0 Å². The molecule has 18 heavy (non-hydrogen) atoms. The van der Waals surface area contributed by atoms with Gasteiger partial charge in [0.25, 0.3) is 0 Å². The number of aryl methyl sites for hydroxylation is 2. The predicted molar refractivity (Wildman–Crippen MR) is 75.2 cm³/mol. The molecular formula is C13H15ClN4. The highest BCUT2D eigenvalue weighted by Gasteiger charge is 2.01. The van der Waals surface area contributed by atoms with E-state index in [-0.39, 0.29) is 0 Å². The highest BCUT2D eigenvalue weighted by molar-refractivity contribution is 6.30. The van der Waals surface area contributed by atoms with Gasteiger partial charge in [0.1, 0.15) is 0 Å². The van der Waals surface area contributed by atoms with Crippen molar-refractivity contribution in [3.8, 4) is 0 Å². The molecule has 2 aromatic rings. The number of imidazole rings is 1. The van der Waals surface area contributed by atoms with Gasteiger partial charge in [0, 0.05) is 5.02 Å². The van der Waals surface area contributed by atoms with E-state index in [1.807, 2.05) is 25.1 Å². The summed E-state index contributed by atoms with van der Waals surface area (Å²) in [5, 5.41) is 5.03. The van der Waals surface area contributed by atoms with Gasteiger partial charge in [-0.1, -0.05) is 24.6 Å². The monoisotopic (exact) mass is 262 g/mol. The van der Waals surface area contributed by atoms with Gasteiger partial charge in [-0.3, -0.25) is 0 Å². The summed E-state index contributed by atoms with van der Waals surface area (Å²) in [7, 11) is 0. The number of hydrogen-bond acceptors (Lipinski definition) is 3. The van der Waals surface area contributed by atoms with E-state index in [9.17, 15) is 0 Å². The molecule has 0 radical (unpaired) electrons. The summed E-state index contributed by atoms with van der Waals surface area (Å²) in [5.41, 5.74) is 8.75. The van der Waals surface area contributed by atoms with Crippen molar-refractivity contribution in [1.82, 2.24) is 9.66 Å². The predicted octanol–water partition coefficient (Wildman–Crippen LogP) is 2.87. The number of nitrogens with two attached hydrogens (primary N) is 1. The number of halogens is 1.